The molecule has 1 aliphatic carbocycles. The lowest BCUT2D eigenvalue weighted by molar-refractivity contribution is 0.170. The van der Waals surface area contributed by atoms with Gasteiger partial charge in [-0.15, -0.1) is 0 Å². The van der Waals surface area contributed by atoms with E-state index in [2.05, 4.69) is 11.0 Å². The summed E-state index contributed by atoms with van der Waals surface area (Å²) in [6.45, 7) is 3.17. The largest absolute Gasteiger partial charge is 0.414 e. The van der Waals surface area contributed by atoms with Gasteiger partial charge in [0.25, 0.3) is 0 Å². The van der Waals surface area contributed by atoms with Crippen LogP contribution < -0.4 is 10.5 Å². The van der Waals surface area contributed by atoms with Crippen LogP contribution in [0.4, 0.5) is 4.79 Å². The third-order valence-electron chi connectivity index (χ3n) is 5.63. The van der Waals surface area contributed by atoms with E-state index in [1.165, 1.54) is 48.4 Å². The van der Waals surface area contributed by atoms with E-state index in [9.17, 15) is 4.79 Å². The summed E-state index contributed by atoms with van der Waals surface area (Å²) in [5.74, 6) is 1.33. The van der Waals surface area contributed by atoms with Crippen LogP contribution in [-0.2, 0) is 6.42 Å². The summed E-state index contributed by atoms with van der Waals surface area (Å²) in [4.78, 5) is 16.1. The van der Waals surface area contributed by atoms with Gasteiger partial charge in [-0.1, -0.05) is 18.6 Å². The Morgan fingerprint density at radius 3 is 2.88 bits per heavy atom. The second-order valence-electron chi connectivity index (χ2n) is 7.47. The number of hydrogen-bond acceptors (Lipinski definition) is 4. The van der Waals surface area contributed by atoms with Gasteiger partial charge in [-0.25, -0.2) is 4.79 Å². The summed E-state index contributed by atoms with van der Waals surface area (Å²) in [7, 11) is 3.43. The van der Waals surface area contributed by atoms with Crippen LogP contribution in [0.25, 0.3) is 0 Å². The Hall–Kier alpha value is -1.59. The molecular weight excluding hydrogens is 314 g/mol. The molecule has 1 fully saturated rings. The SMILES string of the molecule is CN(C)C(=O)Oc1cccc2c1CCC1C2CCN1CCCCCN. The number of fused-ring (bicyclic) bond motifs is 3. The lowest BCUT2D eigenvalue weighted by Gasteiger charge is -2.34. The highest BCUT2D eigenvalue weighted by Gasteiger charge is 2.39. The van der Waals surface area contributed by atoms with E-state index in [-0.39, 0.29) is 6.09 Å². The third kappa shape index (κ3) is 3.98. The van der Waals surface area contributed by atoms with Crippen LogP contribution in [0.2, 0.25) is 0 Å². The number of benzene rings is 1. The first-order valence-corrected chi connectivity index (χ1v) is 9.57. The van der Waals surface area contributed by atoms with E-state index < -0.39 is 0 Å². The Bertz CT molecular complexity index is 603. The van der Waals surface area contributed by atoms with Crippen molar-refractivity contribution in [1.29, 1.82) is 0 Å². The molecule has 1 aromatic carbocycles. The molecule has 0 radical (unpaired) electrons. The fraction of sp³-hybridized carbons (Fsp3) is 0.650. The van der Waals surface area contributed by atoms with Gasteiger partial charge in [-0.2, -0.15) is 0 Å². The number of rotatable bonds is 6. The topological polar surface area (TPSA) is 58.8 Å². The molecule has 0 aromatic heterocycles. The van der Waals surface area contributed by atoms with Crippen molar-refractivity contribution in [3.8, 4) is 5.75 Å². The Balaban J connectivity index is 1.70. The number of nitrogens with two attached hydrogens (primary N) is 1. The average Bonchev–Trinajstić information content (AvgIpc) is 3.02. The zero-order chi connectivity index (χ0) is 17.8. The highest BCUT2D eigenvalue weighted by Crippen LogP contribution is 2.44. The second kappa shape index (κ2) is 8.19. The minimum Gasteiger partial charge on any atom is -0.410 e. The van der Waals surface area contributed by atoms with E-state index in [1.807, 2.05) is 12.1 Å². The summed E-state index contributed by atoms with van der Waals surface area (Å²) in [6, 6.07) is 6.84. The molecule has 1 aliphatic heterocycles. The van der Waals surface area contributed by atoms with Crippen molar-refractivity contribution < 1.29 is 9.53 Å². The number of unbranched alkanes of at least 4 members (excludes halogenated alkanes) is 2. The summed E-state index contributed by atoms with van der Waals surface area (Å²) >= 11 is 0. The van der Waals surface area contributed by atoms with E-state index in [0.29, 0.717) is 12.0 Å². The molecule has 138 valence electrons. The molecule has 1 saturated heterocycles. The van der Waals surface area contributed by atoms with Crippen molar-refractivity contribution in [2.24, 2.45) is 5.73 Å². The number of hydrogen-bond donors (Lipinski definition) is 1. The predicted molar refractivity (Wildman–Crippen MR) is 100 cm³/mol. The highest BCUT2D eigenvalue weighted by atomic mass is 16.6. The molecule has 2 N–H and O–H groups in total. The standard InChI is InChI=1S/C20H31N3O2/c1-22(2)20(24)25-19-8-6-7-15-16-11-14-23(13-5-3-4-12-21)18(16)10-9-17(15)19/h6-8,16,18H,3-5,9-14,21H2,1-2H3. The molecule has 5 heteroatoms. The zero-order valence-electron chi connectivity index (χ0n) is 15.5. The fourth-order valence-electron chi connectivity index (χ4n) is 4.35. The number of carbonyl (C=O) groups is 1. The van der Waals surface area contributed by atoms with Crippen molar-refractivity contribution in [2.75, 3.05) is 33.7 Å². The second-order valence-corrected chi connectivity index (χ2v) is 7.47. The molecule has 1 heterocycles. The lowest BCUT2D eigenvalue weighted by atomic mass is 9.79. The van der Waals surface area contributed by atoms with Gasteiger partial charge < -0.3 is 15.4 Å². The minimum atomic E-state index is -0.302. The van der Waals surface area contributed by atoms with Crippen LogP contribution in [0.15, 0.2) is 18.2 Å². The maximum Gasteiger partial charge on any atom is 0.414 e. The van der Waals surface area contributed by atoms with Gasteiger partial charge in [0.1, 0.15) is 5.75 Å². The van der Waals surface area contributed by atoms with Crippen molar-refractivity contribution in [3.05, 3.63) is 29.3 Å². The quantitative estimate of drug-likeness (QED) is 0.805. The summed E-state index contributed by atoms with van der Waals surface area (Å²) in [6.07, 6.45) is 6.66. The molecule has 0 bridgehead atoms. The molecule has 2 atom stereocenters. The number of amides is 1. The van der Waals surface area contributed by atoms with Gasteiger partial charge in [0.15, 0.2) is 0 Å². The lowest BCUT2D eigenvalue weighted by Crippen LogP contribution is -2.36. The van der Waals surface area contributed by atoms with Crippen LogP contribution in [0.1, 0.15) is 49.1 Å². The molecule has 0 saturated carbocycles. The number of ether oxygens (including phenoxy) is 1. The molecule has 25 heavy (non-hydrogen) atoms. The molecule has 3 rings (SSSR count). The molecule has 1 amide bonds. The summed E-state index contributed by atoms with van der Waals surface area (Å²) in [5.41, 5.74) is 8.23. The smallest absolute Gasteiger partial charge is 0.410 e. The Kier molecular flexibility index (Phi) is 5.97. The van der Waals surface area contributed by atoms with Crippen molar-refractivity contribution >= 4 is 6.09 Å². The van der Waals surface area contributed by atoms with Crippen LogP contribution in [0.3, 0.4) is 0 Å². The van der Waals surface area contributed by atoms with Crippen molar-refractivity contribution in [3.63, 3.8) is 0 Å². The first-order valence-electron chi connectivity index (χ1n) is 9.57. The molecule has 5 nitrogen and oxygen atoms in total. The highest BCUT2D eigenvalue weighted by molar-refractivity contribution is 5.70. The monoisotopic (exact) mass is 345 g/mol. The third-order valence-corrected chi connectivity index (χ3v) is 5.63. The number of carbonyl (C=O) groups excluding carboxylic acids is 1. The van der Waals surface area contributed by atoms with Crippen molar-refractivity contribution in [2.45, 2.75) is 50.5 Å². The molecular formula is C20H31N3O2. The first kappa shape index (κ1) is 18.2. The van der Waals surface area contributed by atoms with Gasteiger partial charge in [-0.05, 0) is 68.9 Å². The number of likely N-dealkylation sites (tertiary alicyclic amines) is 1. The van der Waals surface area contributed by atoms with E-state index in [1.54, 1.807) is 14.1 Å². The number of nitrogens with zero attached hydrogens (tertiary/aromatic N) is 2. The van der Waals surface area contributed by atoms with Crippen LogP contribution in [0, 0.1) is 0 Å². The van der Waals surface area contributed by atoms with Crippen LogP contribution in [-0.4, -0.2) is 55.7 Å². The normalized spacial score (nSPS) is 22.4. The van der Waals surface area contributed by atoms with Gasteiger partial charge in [-0.3, -0.25) is 4.90 Å². The first-order chi connectivity index (χ1) is 12.1. The Morgan fingerprint density at radius 1 is 1.28 bits per heavy atom. The van der Waals surface area contributed by atoms with Crippen LogP contribution >= 0.6 is 0 Å². The van der Waals surface area contributed by atoms with Crippen molar-refractivity contribution in [1.82, 2.24) is 9.80 Å². The summed E-state index contributed by atoms with van der Waals surface area (Å²) in [5, 5.41) is 0. The van der Waals surface area contributed by atoms with Gasteiger partial charge in [0.05, 0.1) is 0 Å². The van der Waals surface area contributed by atoms with Gasteiger partial charge in [0.2, 0.25) is 0 Å². The Labute approximate surface area is 151 Å². The average molecular weight is 345 g/mol. The van der Waals surface area contributed by atoms with E-state index in [0.717, 1.165) is 31.6 Å². The molecule has 0 spiro atoms. The maximum atomic E-state index is 11.9. The minimum absolute atomic E-state index is 0.302. The molecule has 2 aliphatic rings. The Morgan fingerprint density at radius 2 is 2.12 bits per heavy atom. The predicted octanol–water partition coefficient (Wildman–Crippen LogP) is 2.98. The summed E-state index contributed by atoms with van der Waals surface area (Å²) < 4.78 is 5.60. The fourth-order valence-corrected chi connectivity index (χ4v) is 4.35. The van der Waals surface area contributed by atoms with Gasteiger partial charge in [0, 0.05) is 26.1 Å². The zero-order valence-corrected chi connectivity index (χ0v) is 15.5. The molecule has 1 aromatic rings. The maximum absolute atomic E-state index is 11.9. The van der Waals surface area contributed by atoms with Gasteiger partial charge >= 0.3 is 6.09 Å². The van der Waals surface area contributed by atoms with Crippen LogP contribution in [0.5, 0.6) is 5.75 Å². The van der Waals surface area contributed by atoms with E-state index in [4.69, 9.17) is 10.5 Å². The van der Waals surface area contributed by atoms with E-state index >= 15 is 0 Å². The molecule has 2 unspecified atom stereocenters.